The number of nitrogens with zero attached hydrogens (tertiary/aromatic N) is 8. The van der Waals surface area contributed by atoms with E-state index in [9.17, 15) is 0 Å². The van der Waals surface area contributed by atoms with Gasteiger partial charge in [0.05, 0.1) is 11.3 Å². The van der Waals surface area contributed by atoms with Crippen LogP contribution in [-0.2, 0) is 42.1 Å². The zero-order valence-electron chi connectivity index (χ0n) is 62.6. The monoisotopic (exact) mass is 1950 g/mol. The number of alkyl halides is 2. The fraction of sp³-hybridized carbons (Fsp3) is 0.0196. The van der Waals surface area contributed by atoms with Gasteiger partial charge in [-0.15, -0.1) is 80.6 Å². The Morgan fingerprint density at radius 3 is 1.09 bits per heavy atom. The van der Waals surface area contributed by atoms with Crippen LogP contribution in [0.4, 0.5) is 43.2 Å². The van der Waals surface area contributed by atoms with Crippen molar-refractivity contribution in [2.45, 2.75) is 12.3 Å². The van der Waals surface area contributed by atoms with Gasteiger partial charge in [-0.3, -0.25) is 9.97 Å². The molecule has 0 fully saturated rings. The average molecular weight is 1950 g/mol. The van der Waals surface area contributed by atoms with Crippen molar-refractivity contribution in [3.63, 3.8) is 0 Å². The molecule has 10 heterocycles. The van der Waals surface area contributed by atoms with E-state index in [0.717, 1.165) is 99.4 Å². The number of benzene rings is 14. The maximum Gasteiger partial charge on any atom is 2.00 e. The fourth-order valence-corrected chi connectivity index (χ4v) is 31.1. The van der Waals surface area contributed by atoms with Crippen molar-refractivity contribution >= 4 is 210 Å². The van der Waals surface area contributed by atoms with Gasteiger partial charge in [0.1, 0.15) is 40.1 Å². The van der Waals surface area contributed by atoms with Crippen molar-refractivity contribution < 1.29 is 50.9 Å². The van der Waals surface area contributed by atoms with Crippen molar-refractivity contribution in [2.24, 2.45) is 0 Å². The second-order valence-corrected chi connectivity index (χ2v) is 39.3. The molecule has 22 aromatic rings. The first kappa shape index (κ1) is 73.2. The third-order valence-electron chi connectivity index (χ3n) is 23.7. The van der Waals surface area contributed by atoms with Crippen LogP contribution >= 0.6 is 22.7 Å². The number of rotatable bonds is 10. The Morgan fingerprint density at radius 2 is 0.653 bits per heavy atom. The molecule has 0 N–H and O–H groups in total. The second-order valence-electron chi connectivity index (χ2n) is 29.7. The number of hydrogen-bond donors (Lipinski definition) is 0. The van der Waals surface area contributed by atoms with Gasteiger partial charge in [0.15, 0.2) is 0 Å². The molecule has 118 heavy (non-hydrogen) atoms. The van der Waals surface area contributed by atoms with Crippen LogP contribution in [0, 0.1) is 24.3 Å². The molecule has 8 nitrogen and oxygen atoms in total. The van der Waals surface area contributed by atoms with Crippen molar-refractivity contribution in [1.29, 1.82) is 0 Å². The molecule has 0 bridgehead atoms. The van der Waals surface area contributed by atoms with Gasteiger partial charge in [0.25, 0.3) is 0 Å². The first-order valence-corrected chi connectivity index (χ1v) is 44.4. The first-order chi connectivity index (χ1) is 57.4. The Morgan fingerprint density at radius 1 is 0.288 bits per heavy atom. The van der Waals surface area contributed by atoms with E-state index in [-0.39, 0.29) is 42.1 Å². The van der Waals surface area contributed by atoms with Gasteiger partial charge in [-0.2, -0.15) is 36.4 Å². The van der Waals surface area contributed by atoms with Crippen LogP contribution in [0.5, 0.6) is 0 Å². The standard InChI is InChI=1S/2C51H31FN4SSi.2Pt/c52-50(33-22-24-37-38-17-7-9-19-42(38)55-28-27-54-51(55)41(37)29-33)34-23-25-47-43(30-34)56(49-21-11-12-26-53-49)44-32-46-40(39-18-8-10-20-45(39)57-46)31-48(44)58(47,35-13-3-1-4-14-35)36-15-5-2-6-16-36;52-50(33-22-24-37-38-17-7-9-19-42(38)55-28-27-54-51(55)41(37)29-33)34-23-25-47-43(30-34)56(49-21-11-12-26-53-49)44-31-40-39-18-8-10-20-45(39)57-46(40)32-48(44)58(47,35-13-3-1-4-14-35)36-15-5-2-6-16-36;;/h2*1-28,31-32,50H;;/q2*-2;2*+2. The van der Waals surface area contributed by atoms with Crippen molar-refractivity contribution in [1.82, 2.24) is 28.7 Å². The number of halogens is 2. The van der Waals surface area contributed by atoms with E-state index in [1.807, 2.05) is 133 Å². The summed E-state index contributed by atoms with van der Waals surface area (Å²) in [5, 5.41) is 20.4. The van der Waals surface area contributed by atoms with Gasteiger partial charge in [-0.05, 0) is 87.9 Å². The smallest absolute Gasteiger partial charge is 0.340 e. The third-order valence-corrected chi connectivity index (χ3v) is 35.6. The van der Waals surface area contributed by atoms with Crippen molar-refractivity contribution in [3.05, 3.63) is 411 Å². The Balaban J connectivity index is 0.000000144. The molecule has 0 spiro atoms. The zero-order valence-corrected chi connectivity index (χ0v) is 70.8. The summed E-state index contributed by atoms with van der Waals surface area (Å²) in [6.45, 7) is 0. The molecule has 14 aromatic carbocycles. The Kier molecular flexibility index (Phi) is 18.2. The molecule has 564 valence electrons. The quantitative estimate of drug-likeness (QED) is 0.0772. The summed E-state index contributed by atoms with van der Waals surface area (Å²) in [5.74, 6) is 1.51. The van der Waals surface area contributed by atoms with E-state index in [4.69, 9.17) is 19.9 Å². The van der Waals surface area contributed by atoms with E-state index in [0.29, 0.717) is 22.3 Å². The minimum atomic E-state index is -3.09. The molecular formula is C102H62F2N8Pt2S2Si2. The SMILES string of the molecule is FC(c1[c-]c2c(cc1)[Si](c1ccccc1)(c1ccccc1)c1cc3c(cc1N2c1ccccn1)sc1ccccc13)c1[c-]c2c(cc1)c1ccccc1n1ccnc21.FC(c1[c-]c2c(cc1)[Si](c1ccccc1)(c1ccccc1)c1cc3sc4ccccc4c3cc1N2c1ccccn1)c1[c-]c2c(cc1)c1ccccc1n1ccnc21.[Pt+2].[Pt+2]. The maximum atomic E-state index is 17.5. The molecule has 0 saturated carbocycles. The Bertz CT molecular complexity index is 7610. The van der Waals surface area contributed by atoms with Crippen LogP contribution < -0.4 is 51.3 Å². The summed E-state index contributed by atoms with van der Waals surface area (Å²) >= 11 is 3.63. The minimum Gasteiger partial charge on any atom is -0.340 e. The number of aromatic nitrogens is 6. The van der Waals surface area contributed by atoms with Gasteiger partial charge in [0, 0.05) is 99.9 Å². The molecule has 0 saturated heterocycles. The number of fused-ring (bicyclic) bond motifs is 22. The first-order valence-electron chi connectivity index (χ1n) is 38.7. The van der Waals surface area contributed by atoms with Gasteiger partial charge in [0.2, 0.25) is 0 Å². The summed E-state index contributed by atoms with van der Waals surface area (Å²) in [6.07, 6.45) is 8.13. The predicted molar refractivity (Wildman–Crippen MR) is 480 cm³/mol. The van der Waals surface area contributed by atoms with Crippen LogP contribution in [-0.4, -0.2) is 44.9 Å². The van der Waals surface area contributed by atoms with Crippen LogP contribution in [0.15, 0.2) is 365 Å². The number of pyridine rings is 4. The van der Waals surface area contributed by atoms with E-state index in [1.165, 1.54) is 71.5 Å². The van der Waals surface area contributed by atoms with Crippen LogP contribution in [0.2, 0.25) is 0 Å². The summed E-state index contributed by atoms with van der Waals surface area (Å²) in [5.41, 5.74) is 9.06. The number of thiophene rings is 2. The fourth-order valence-electron chi connectivity index (χ4n) is 18.7. The Hall–Kier alpha value is -12.5. The molecule has 8 aromatic heterocycles. The molecule has 2 aliphatic rings. The van der Waals surface area contributed by atoms with Crippen LogP contribution in [0.3, 0.4) is 0 Å². The molecule has 24 rings (SSSR count). The summed E-state index contributed by atoms with van der Waals surface area (Å²) in [6, 6.07) is 129. The summed E-state index contributed by atoms with van der Waals surface area (Å²) < 4.78 is 44.0. The zero-order chi connectivity index (χ0) is 76.7. The topological polar surface area (TPSA) is 66.9 Å². The molecule has 16 heteroatoms. The van der Waals surface area contributed by atoms with Gasteiger partial charge < -0.3 is 18.6 Å². The van der Waals surface area contributed by atoms with Gasteiger partial charge in [-0.25, -0.2) is 18.7 Å². The Labute approximate surface area is 716 Å². The van der Waals surface area contributed by atoms with Gasteiger partial charge >= 0.3 is 42.1 Å². The van der Waals surface area contributed by atoms with Crippen LogP contribution in [0.1, 0.15) is 34.6 Å². The van der Waals surface area contributed by atoms with E-state index < -0.39 is 28.5 Å². The number of anilines is 6. The molecular weight excluding hydrogens is 1890 g/mol. The predicted octanol–water partition coefficient (Wildman–Crippen LogP) is 20.4. The van der Waals surface area contributed by atoms with E-state index in [1.54, 1.807) is 23.7 Å². The largest absolute Gasteiger partial charge is 2.00 e. The normalized spacial score (nSPS) is 13.7. The minimum absolute atomic E-state index is 0. The molecule has 2 aliphatic heterocycles. The number of hydrogen-bond acceptors (Lipinski definition) is 8. The molecule has 0 aliphatic carbocycles. The second kappa shape index (κ2) is 29.3. The molecule has 0 amide bonds. The maximum absolute atomic E-state index is 17.5. The van der Waals surface area contributed by atoms with Crippen molar-refractivity contribution in [3.8, 4) is 0 Å². The molecule has 2 atom stereocenters. The number of para-hydroxylation sites is 2. The van der Waals surface area contributed by atoms with Crippen LogP contribution in [0.25, 0.3) is 95.0 Å². The van der Waals surface area contributed by atoms with Gasteiger partial charge in [-0.1, -0.05) is 277 Å². The summed E-state index contributed by atoms with van der Waals surface area (Å²) in [4.78, 5) is 23.7. The van der Waals surface area contributed by atoms with E-state index in [2.05, 4.69) is 273 Å². The third kappa shape index (κ3) is 11.2. The molecule has 0 radical (unpaired) electrons. The number of imidazole rings is 2. The summed E-state index contributed by atoms with van der Waals surface area (Å²) in [7, 11) is -6.16. The average Bonchev–Trinajstić information content (AvgIpc) is 0.939. The molecule has 2 unspecified atom stereocenters. The van der Waals surface area contributed by atoms with Crippen molar-refractivity contribution in [2.75, 3.05) is 9.80 Å². The van der Waals surface area contributed by atoms with E-state index >= 15 is 8.78 Å².